The minimum Gasteiger partial charge on any atom is -0.456 e. The quantitative estimate of drug-likeness (QED) is 0.780. The Morgan fingerprint density at radius 3 is 2.78 bits per heavy atom. The second-order valence-electron chi connectivity index (χ2n) is 7.69. The molecule has 1 aliphatic heterocycles. The lowest BCUT2D eigenvalue weighted by molar-refractivity contribution is 0.0565. The molecule has 0 unspecified atom stereocenters. The number of piperidine rings is 1. The van der Waals surface area contributed by atoms with Crippen LogP contribution < -0.4 is 0 Å². The Kier molecular flexibility index (Phi) is 6.05. The Balaban J connectivity index is 1.78. The van der Waals surface area contributed by atoms with Crippen molar-refractivity contribution in [3.63, 3.8) is 0 Å². The van der Waals surface area contributed by atoms with Gasteiger partial charge in [-0.15, -0.1) is 0 Å². The van der Waals surface area contributed by atoms with Crippen molar-refractivity contribution in [2.75, 3.05) is 26.7 Å². The third kappa shape index (κ3) is 4.10. The van der Waals surface area contributed by atoms with E-state index in [-0.39, 0.29) is 5.91 Å². The minimum atomic E-state index is -0.0224. The molecule has 0 spiro atoms. The number of furan rings is 1. The highest BCUT2D eigenvalue weighted by Crippen LogP contribution is 2.36. The van der Waals surface area contributed by atoms with E-state index in [1.165, 1.54) is 5.56 Å². The molecule has 1 aliphatic rings. The van der Waals surface area contributed by atoms with Crippen molar-refractivity contribution in [2.45, 2.75) is 46.1 Å². The number of carbonyl (C=O) groups is 1. The number of aryl methyl sites for hydroxylation is 3. The zero-order chi connectivity index (χ0) is 19.6. The Morgan fingerprint density at radius 2 is 2.19 bits per heavy atom. The molecule has 0 bridgehead atoms. The van der Waals surface area contributed by atoms with E-state index < -0.39 is 0 Å². The van der Waals surface area contributed by atoms with Gasteiger partial charge in [-0.3, -0.25) is 14.4 Å². The largest absolute Gasteiger partial charge is 0.456 e. The summed E-state index contributed by atoms with van der Waals surface area (Å²) in [6.07, 6.45) is 7.16. The highest BCUT2D eigenvalue weighted by molar-refractivity contribution is 5.92. The Morgan fingerprint density at radius 1 is 1.41 bits per heavy atom. The van der Waals surface area contributed by atoms with Gasteiger partial charge in [-0.05, 0) is 44.8 Å². The molecule has 2 aromatic heterocycles. The average Bonchev–Trinajstić information content (AvgIpc) is 3.26. The molecule has 3 heterocycles. The van der Waals surface area contributed by atoms with Crippen LogP contribution >= 0.6 is 0 Å². The lowest BCUT2D eigenvalue weighted by Gasteiger charge is -2.41. The summed E-state index contributed by atoms with van der Waals surface area (Å²) in [7, 11) is 3.85. The van der Waals surface area contributed by atoms with Gasteiger partial charge in [0.05, 0.1) is 6.20 Å². The summed E-state index contributed by atoms with van der Waals surface area (Å²) >= 11 is 0. The summed E-state index contributed by atoms with van der Waals surface area (Å²) in [6, 6.07) is 2.27. The van der Waals surface area contributed by atoms with E-state index in [0.29, 0.717) is 17.7 Å². The van der Waals surface area contributed by atoms with Gasteiger partial charge in [-0.25, -0.2) is 0 Å². The fraction of sp³-hybridized carbons (Fsp3) is 0.619. The van der Waals surface area contributed by atoms with Crippen LogP contribution in [0.15, 0.2) is 22.9 Å². The van der Waals surface area contributed by atoms with E-state index in [1.54, 1.807) is 0 Å². The van der Waals surface area contributed by atoms with Crippen molar-refractivity contribution in [3.05, 3.63) is 41.1 Å². The minimum absolute atomic E-state index is 0.0224. The predicted molar refractivity (Wildman–Crippen MR) is 106 cm³/mol. The molecule has 3 rings (SSSR count). The molecular formula is C21H32N4O2. The lowest BCUT2D eigenvalue weighted by atomic mass is 9.85. The van der Waals surface area contributed by atoms with E-state index in [1.807, 2.05) is 49.8 Å². The topological polar surface area (TPSA) is 54.5 Å². The number of nitrogens with zero attached hydrogens (tertiary/aromatic N) is 4. The van der Waals surface area contributed by atoms with Gasteiger partial charge >= 0.3 is 0 Å². The average molecular weight is 373 g/mol. The summed E-state index contributed by atoms with van der Waals surface area (Å²) in [5.41, 5.74) is 2.17. The van der Waals surface area contributed by atoms with Crippen LogP contribution in [0.1, 0.15) is 60.2 Å². The van der Waals surface area contributed by atoms with Crippen LogP contribution in [0.2, 0.25) is 0 Å². The molecule has 1 fully saturated rings. The van der Waals surface area contributed by atoms with E-state index in [9.17, 15) is 4.79 Å². The third-order valence-corrected chi connectivity index (χ3v) is 5.70. The van der Waals surface area contributed by atoms with Crippen LogP contribution in [-0.2, 0) is 13.5 Å². The number of carbonyl (C=O) groups excluding carboxylic acids is 1. The third-order valence-electron chi connectivity index (χ3n) is 5.70. The number of hydrogen-bond acceptors (Lipinski definition) is 4. The molecule has 2 aromatic rings. The molecule has 0 N–H and O–H groups in total. The first-order chi connectivity index (χ1) is 12.9. The second-order valence-corrected chi connectivity index (χ2v) is 7.69. The molecule has 1 amide bonds. The van der Waals surface area contributed by atoms with Crippen LogP contribution in [-0.4, -0.2) is 52.2 Å². The summed E-state index contributed by atoms with van der Waals surface area (Å²) in [6.45, 7) is 9.01. The SMILES string of the molecule is CCc1cc(C)c(C(=O)N(C)C[C@@H]2CCCN(CC)[C@H]2c2cnn(C)c2)o1. The smallest absolute Gasteiger partial charge is 0.289 e. The van der Waals surface area contributed by atoms with Crippen molar-refractivity contribution in [3.8, 4) is 0 Å². The number of likely N-dealkylation sites (tertiary alicyclic amines) is 1. The summed E-state index contributed by atoms with van der Waals surface area (Å²) in [5.74, 6) is 1.71. The molecule has 0 saturated carbocycles. The molecule has 2 atom stereocenters. The van der Waals surface area contributed by atoms with Crippen molar-refractivity contribution in [1.29, 1.82) is 0 Å². The summed E-state index contributed by atoms with van der Waals surface area (Å²) in [4.78, 5) is 17.3. The zero-order valence-corrected chi connectivity index (χ0v) is 17.2. The molecule has 6 nitrogen and oxygen atoms in total. The molecule has 0 aliphatic carbocycles. The maximum absolute atomic E-state index is 13.0. The molecule has 6 heteroatoms. The fourth-order valence-electron chi connectivity index (χ4n) is 4.32. The van der Waals surface area contributed by atoms with E-state index in [0.717, 1.165) is 50.2 Å². The van der Waals surface area contributed by atoms with E-state index in [2.05, 4.69) is 23.1 Å². The first kappa shape index (κ1) is 19.7. The molecule has 1 saturated heterocycles. The number of hydrogen-bond donors (Lipinski definition) is 0. The van der Waals surface area contributed by atoms with E-state index >= 15 is 0 Å². The van der Waals surface area contributed by atoms with Gasteiger partial charge in [0.1, 0.15) is 5.76 Å². The van der Waals surface area contributed by atoms with Crippen molar-refractivity contribution < 1.29 is 9.21 Å². The van der Waals surface area contributed by atoms with Gasteiger partial charge in [0.15, 0.2) is 5.76 Å². The normalized spacial score (nSPS) is 20.8. The van der Waals surface area contributed by atoms with Gasteiger partial charge in [0.2, 0.25) is 0 Å². The summed E-state index contributed by atoms with van der Waals surface area (Å²) in [5, 5.41) is 4.38. The van der Waals surface area contributed by atoms with Gasteiger partial charge in [-0.2, -0.15) is 5.10 Å². The standard InChI is InChI=1S/C21H32N4O2/c1-6-18-11-15(3)20(27-18)21(26)23(4)13-16-9-8-10-25(7-2)19(16)17-12-22-24(5)14-17/h11-12,14,16,19H,6-10,13H2,1-5H3/t16-,19+/m0/s1. The Bertz CT molecular complexity index is 779. The fourth-order valence-corrected chi connectivity index (χ4v) is 4.32. The predicted octanol–water partition coefficient (Wildman–Crippen LogP) is 3.43. The van der Waals surface area contributed by atoms with Gasteiger partial charge in [0, 0.05) is 50.4 Å². The van der Waals surface area contributed by atoms with Crippen LogP contribution in [0.3, 0.4) is 0 Å². The Labute approximate surface area is 162 Å². The maximum atomic E-state index is 13.0. The first-order valence-corrected chi connectivity index (χ1v) is 10.0. The first-order valence-electron chi connectivity index (χ1n) is 10.0. The zero-order valence-electron chi connectivity index (χ0n) is 17.2. The van der Waals surface area contributed by atoms with E-state index in [4.69, 9.17) is 4.42 Å². The Hall–Kier alpha value is -2.08. The van der Waals surface area contributed by atoms with Crippen LogP contribution in [0.25, 0.3) is 0 Å². The molecule has 27 heavy (non-hydrogen) atoms. The molecular weight excluding hydrogens is 340 g/mol. The van der Waals surface area contributed by atoms with Gasteiger partial charge in [-0.1, -0.05) is 13.8 Å². The monoisotopic (exact) mass is 372 g/mol. The second kappa shape index (κ2) is 8.30. The highest BCUT2D eigenvalue weighted by atomic mass is 16.4. The van der Waals surface area contributed by atoms with Gasteiger partial charge < -0.3 is 9.32 Å². The van der Waals surface area contributed by atoms with Gasteiger partial charge in [0.25, 0.3) is 5.91 Å². The molecule has 0 aromatic carbocycles. The number of amides is 1. The number of rotatable bonds is 6. The summed E-state index contributed by atoms with van der Waals surface area (Å²) < 4.78 is 7.64. The van der Waals surface area contributed by atoms with Crippen molar-refractivity contribution in [2.24, 2.45) is 13.0 Å². The van der Waals surface area contributed by atoms with Crippen molar-refractivity contribution in [1.82, 2.24) is 19.6 Å². The van der Waals surface area contributed by atoms with Crippen LogP contribution in [0.5, 0.6) is 0 Å². The van der Waals surface area contributed by atoms with Crippen LogP contribution in [0, 0.1) is 12.8 Å². The lowest BCUT2D eigenvalue weighted by Crippen LogP contribution is -2.43. The molecule has 0 radical (unpaired) electrons. The highest BCUT2D eigenvalue weighted by Gasteiger charge is 2.34. The maximum Gasteiger partial charge on any atom is 0.289 e. The number of aromatic nitrogens is 2. The molecule has 148 valence electrons. The van der Waals surface area contributed by atoms with Crippen molar-refractivity contribution >= 4 is 5.91 Å². The van der Waals surface area contributed by atoms with Crippen LogP contribution in [0.4, 0.5) is 0 Å².